The van der Waals surface area contributed by atoms with E-state index >= 15 is 0 Å². The largest absolute Gasteiger partial charge is 0.380 e. The van der Waals surface area contributed by atoms with Crippen molar-refractivity contribution in [2.24, 2.45) is 0 Å². The third-order valence-corrected chi connectivity index (χ3v) is 11.9. The van der Waals surface area contributed by atoms with E-state index in [-0.39, 0.29) is 0 Å². The van der Waals surface area contributed by atoms with E-state index < -0.39 is 0 Å². The summed E-state index contributed by atoms with van der Waals surface area (Å²) in [4.78, 5) is 4.30. The molecule has 352 valence electrons. The van der Waals surface area contributed by atoms with Crippen LogP contribution in [-0.4, -0.2) is 141 Å². The number of hydrogen-bond acceptors (Lipinski definition) is 4. The molecule has 1 aliphatic heterocycles. The van der Waals surface area contributed by atoms with Crippen molar-refractivity contribution in [3.63, 3.8) is 0 Å². The molecule has 1 rings (SSSR count). The first kappa shape index (κ1) is 59.9. The van der Waals surface area contributed by atoms with Crippen molar-refractivity contribution in [1.82, 2.24) is 9.80 Å². The molecule has 0 radical (unpaired) electrons. The van der Waals surface area contributed by atoms with Gasteiger partial charge in [-0.15, -0.1) is 0 Å². The van der Waals surface area contributed by atoms with Crippen LogP contribution in [0.4, 0.5) is 0 Å². The van der Waals surface area contributed by atoms with Crippen molar-refractivity contribution in [2.75, 3.05) is 110 Å². The SMILES string of the molecule is CCCCCCCCCCCCCCCCCCOCC(C[N+](C)(C)C)N(C)C.CCCCCCCCCCCCCCCCCCOCC1C[N+]1(C)C.CN(C)C. The van der Waals surface area contributed by atoms with E-state index in [0.29, 0.717) is 6.04 Å². The Morgan fingerprint density at radius 3 is 0.966 bits per heavy atom. The Kier molecular flexibility index (Phi) is 44.8. The average molecular weight is 828 g/mol. The molecule has 1 aliphatic rings. The van der Waals surface area contributed by atoms with E-state index in [1.165, 1.54) is 216 Å². The second kappa shape index (κ2) is 43.4. The second-order valence-electron chi connectivity index (χ2n) is 20.8. The minimum Gasteiger partial charge on any atom is -0.380 e. The summed E-state index contributed by atoms with van der Waals surface area (Å²) >= 11 is 0. The lowest BCUT2D eigenvalue weighted by Gasteiger charge is -2.32. The highest BCUT2D eigenvalue weighted by molar-refractivity contribution is 4.69. The zero-order valence-corrected chi connectivity index (χ0v) is 42.6. The highest BCUT2D eigenvalue weighted by atomic mass is 16.5. The first-order valence-corrected chi connectivity index (χ1v) is 25.8. The van der Waals surface area contributed by atoms with Gasteiger partial charge in [-0.2, -0.15) is 0 Å². The maximum absolute atomic E-state index is 5.97. The fraction of sp³-hybridized carbons (Fsp3) is 1.00. The van der Waals surface area contributed by atoms with Crippen molar-refractivity contribution >= 4 is 0 Å². The fourth-order valence-electron chi connectivity index (χ4n) is 7.69. The molecule has 2 unspecified atom stereocenters. The number of quaternary nitrogens is 2. The van der Waals surface area contributed by atoms with Crippen LogP contribution in [0.25, 0.3) is 0 Å². The van der Waals surface area contributed by atoms with Gasteiger partial charge in [0.05, 0.1) is 54.4 Å². The molecule has 58 heavy (non-hydrogen) atoms. The van der Waals surface area contributed by atoms with Crippen molar-refractivity contribution in [2.45, 2.75) is 231 Å². The van der Waals surface area contributed by atoms with Gasteiger partial charge in [0.15, 0.2) is 6.04 Å². The molecule has 0 aromatic rings. The van der Waals surface area contributed by atoms with Gasteiger partial charge in [-0.25, -0.2) is 0 Å². The van der Waals surface area contributed by atoms with Crippen LogP contribution >= 0.6 is 0 Å². The number of rotatable bonds is 41. The third-order valence-electron chi connectivity index (χ3n) is 11.9. The Balaban J connectivity index is 0. The van der Waals surface area contributed by atoms with Crippen LogP contribution in [-0.2, 0) is 9.47 Å². The summed E-state index contributed by atoms with van der Waals surface area (Å²) in [5, 5.41) is 0. The Hall–Kier alpha value is -0.240. The molecule has 0 spiro atoms. The summed E-state index contributed by atoms with van der Waals surface area (Å²) in [7, 11) is 21.7. The molecular weight excluding hydrogens is 713 g/mol. The van der Waals surface area contributed by atoms with Crippen molar-refractivity contribution in [1.29, 1.82) is 0 Å². The van der Waals surface area contributed by atoms with Gasteiger partial charge in [-0.1, -0.05) is 206 Å². The standard InChI is InChI=1S/C26H57N2O.C23H48NO.C3H9N/c1-7-8-9-10-11-12-13-14-15-16-17-18-19-20-21-22-23-29-25-26(27(2)3)24-28(4,5)6;1-4-5-6-7-8-9-10-11-12-13-14-15-16-17-18-19-20-25-22-23-21-24(23,2)3;1-4(2)3/h26H,7-25H2,1-6H3;23H,4-22H2,1-3H3;1-3H3/q2*+1;. The summed E-state index contributed by atoms with van der Waals surface area (Å²) < 4.78 is 13.9. The van der Waals surface area contributed by atoms with E-state index in [2.05, 4.69) is 68.1 Å². The summed E-state index contributed by atoms with van der Waals surface area (Å²) in [5.41, 5.74) is 0. The quantitative estimate of drug-likeness (QED) is 0.0348. The van der Waals surface area contributed by atoms with Gasteiger partial charge in [0.2, 0.25) is 0 Å². The topological polar surface area (TPSA) is 24.9 Å². The Morgan fingerprint density at radius 1 is 0.466 bits per heavy atom. The highest BCUT2D eigenvalue weighted by Crippen LogP contribution is 2.24. The molecular formula is C52H114N4O2+2. The van der Waals surface area contributed by atoms with Gasteiger partial charge in [0.25, 0.3) is 0 Å². The van der Waals surface area contributed by atoms with Crippen LogP contribution in [0.15, 0.2) is 0 Å². The molecule has 1 fully saturated rings. The number of ether oxygens (including phenoxy) is 2. The Morgan fingerprint density at radius 2 is 0.724 bits per heavy atom. The average Bonchev–Trinajstić information content (AvgIpc) is 3.78. The molecule has 0 N–H and O–H groups in total. The summed E-state index contributed by atoms with van der Waals surface area (Å²) in [6.07, 6.45) is 45.7. The van der Waals surface area contributed by atoms with E-state index in [4.69, 9.17) is 9.47 Å². The molecule has 1 saturated heterocycles. The van der Waals surface area contributed by atoms with Crippen LogP contribution in [0.3, 0.4) is 0 Å². The van der Waals surface area contributed by atoms with Crippen LogP contribution in [0, 0.1) is 0 Å². The number of unbranched alkanes of at least 4 members (excludes halogenated alkanes) is 30. The van der Waals surface area contributed by atoms with Crippen LogP contribution in [0.2, 0.25) is 0 Å². The van der Waals surface area contributed by atoms with Crippen LogP contribution < -0.4 is 0 Å². The summed E-state index contributed by atoms with van der Waals surface area (Å²) in [6.45, 7) is 10.8. The van der Waals surface area contributed by atoms with E-state index in [1.54, 1.807) is 0 Å². The minimum atomic E-state index is 0.510. The Labute approximate surface area is 368 Å². The lowest BCUT2D eigenvalue weighted by molar-refractivity contribution is -0.872. The molecule has 0 amide bonds. The summed E-state index contributed by atoms with van der Waals surface area (Å²) in [5.74, 6) is 0. The van der Waals surface area contributed by atoms with Gasteiger partial charge in [-0.05, 0) is 48.1 Å². The fourth-order valence-corrected chi connectivity index (χ4v) is 7.69. The van der Waals surface area contributed by atoms with Gasteiger partial charge < -0.3 is 23.3 Å². The predicted octanol–water partition coefficient (Wildman–Crippen LogP) is 13.8. The molecule has 0 aliphatic carbocycles. The van der Waals surface area contributed by atoms with Gasteiger partial charge in [-0.3, -0.25) is 4.90 Å². The molecule has 6 nitrogen and oxygen atoms in total. The first-order valence-electron chi connectivity index (χ1n) is 25.8. The molecule has 0 aromatic carbocycles. The summed E-state index contributed by atoms with van der Waals surface area (Å²) in [6, 6.07) is 1.29. The number of hydrogen-bond donors (Lipinski definition) is 0. The monoisotopic (exact) mass is 827 g/mol. The van der Waals surface area contributed by atoms with E-state index in [1.807, 2.05) is 26.0 Å². The lowest BCUT2D eigenvalue weighted by Crippen LogP contribution is -2.48. The van der Waals surface area contributed by atoms with E-state index in [9.17, 15) is 0 Å². The molecule has 0 saturated carbocycles. The van der Waals surface area contributed by atoms with Crippen molar-refractivity contribution in [3.8, 4) is 0 Å². The van der Waals surface area contributed by atoms with Gasteiger partial charge in [0.1, 0.15) is 13.2 Å². The highest BCUT2D eigenvalue weighted by Gasteiger charge is 2.47. The third kappa shape index (κ3) is 50.1. The zero-order valence-electron chi connectivity index (χ0n) is 42.6. The zero-order chi connectivity index (χ0) is 43.6. The molecule has 0 bridgehead atoms. The predicted molar refractivity (Wildman–Crippen MR) is 261 cm³/mol. The van der Waals surface area contributed by atoms with E-state index in [0.717, 1.165) is 43.5 Å². The van der Waals surface area contributed by atoms with Crippen LogP contribution in [0.1, 0.15) is 219 Å². The van der Waals surface area contributed by atoms with Gasteiger partial charge >= 0.3 is 0 Å². The number of likely N-dealkylation sites (N-methyl/N-ethyl adjacent to an activating group) is 3. The molecule has 6 heteroatoms. The maximum atomic E-state index is 5.97. The lowest BCUT2D eigenvalue weighted by atomic mass is 10.0. The minimum absolute atomic E-state index is 0.510. The van der Waals surface area contributed by atoms with Crippen molar-refractivity contribution in [3.05, 3.63) is 0 Å². The van der Waals surface area contributed by atoms with Crippen molar-refractivity contribution < 1.29 is 18.4 Å². The molecule has 2 atom stereocenters. The second-order valence-corrected chi connectivity index (χ2v) is 20.8. The van der Waals surface area contributed by atoms with Gasteiger partial charge in [0, 0.05) is 13.2 Å². The molecule has 0 aromatic heterocycles. The first-order chi connectivity index (χ1) is 27.8. The number of nitrogens with zero attached hydrogens (tertiary/aromatic N) is 4. The normalized spacial score (nSPS) is 15.3. The Bertz CT molecular complexity index is 781. The molecule has 1 heterocycles. The smallest absolute Gasteiger partial charge is 0.162 e. The van der Waals surface area contributed by atoms with Crippen LogP contribution in [0.5, 0.6) is 0 Å². The maximum Gasteiger partial charge on any atom is 0.162 e.